The van der Waals surface area contributed by atoms with Crippen LogP contribution >= 0.6 is 0 Å². The molecule has 3 rings (SSSR count). The van der Waals surface area contributed by atoms with E-state index in [1.165, 1.54) is 12.1 Å². The van der Waals surface area contributed by atoms with E-state index in [9.17, 15) is 15.2 Å². The first kappa shape index (κ1) is 21.5. The fraction of sp³-hybridized carbons (Fsp3) is 0.381. The molecule has 30 heavy (non-hydrogen) atoms. The molecule has 1 heterocycles. The van der Waals surface area contributed by atoms with Crippen LogP contribution in [0.1, 0.15) is 13.8 Å². The Hall–Kier alpha value is -3.17. The Bertz CT molecular complexity index is 1080. The summed E-state index contributed by atoms with van der Waals surface area (Å²) in [5.74, 6) is 1.09. The first-order valence-corrected chi connectivity index (χ1v) is 9.54. The summed E-state index contributed by atoms with van der Waals surface area (Å²) < 4.78 is 10.8. The Morgan fingerprint density at radius 2 is 1.73 bits per heavy atom. The van der Waals surface area contributed by atoms with Crippen LogP contribution < -0.4 is 20.1 Å². The number of nitro benzene ring substituents is 1. The molecule has 0 radical (unpaired) electrons. The Balaban J connectivity index is 2.05. The number of aromatic nitrogens is 1. The van der Waals surface area contributed by atoms with Gasteiger partial charge >= 0.3 is 0 Å². The van der Waals surface area contributed by atoms with Crippen LogP contribution in [-0.2, 0) is 0 Å². The van der Waals surface area contributed by atoms with Crippen LogP contribution in [0.15, 0.2) is 30.3 Å². The minimum absolute atomic E-state index is 0.0207. The molecular formula is C21H26N4O5. The van der Waals surface area contributed by atoms with Crippen molar-refractivity contribution in [3.8, 4) is 11.5 Å². The van der Waals surface area contributed by atoms with Crippen molar-refractivity contribution in [1.82, 2.24) is 10.3 Å². The van der Waals surface area contributed by atoms with E-state index in [0.717, 1.165) is 16.5 Å². The van der Waals surface area contributed by atoms with Gasteiger partial charge in [0.05, 0.1) is 41.5 Å². The summed E-state index contributed by atoms with van der Waals surface area (Å²) in [7, 11) is 3.11. The van der Waals surface area contributed by atoms with Gasteiger partial charge in [-0.15, -0.1) is 0 Å². The second-order valence-electron chi connectivity index (χ2n) is 7.59. The molecule has 0 fully saturated rings. The van der Waals surface area contributed by atoms with Crippen molar-refractivity contribution in [1.29, 1.82) is 0 Å². The van der Waals surface area contributed by atoms with Gasteiger partial charge in [0.2, 0.25) is 0 Å². The quantitative estimate of drug-likeness (QED) is 0.212. The molecule has 9 nitrogen and oxygen atoms in total. The molecule has 0 spiro atoms. The Labute approximate surface area is 174 Å². The van der Waals surface area contributed by atoms with Crippen LogP contribution in [0.25, 0.3) is 21.8 Å². The highest BCUT2D eigenvalue weighted by atomic mass is 16.6. The summed E-state index contributed by atoms with van der Waals surface area (Å²) in [4.78, 5) is 15.4. The number of pyridine rings is 1. The van der Waals surface area contributed by atoms with Crippen molar-refractivity contribution < 1.29 is 19.5 Å². The van der Waals surface area contributed by atoms with Gasteiger partial charge in [-0.05, 0) is 26.0 Å². The van der Waals surface area contributed by atoms with E-state index in [-0.39, 0.29) is 5.69 Å². The highest BCUT2D eigenvalue weighted by Crippen LogP contribution is 2.38. The number of nitrogens with one attached hydrogen (secondary N) is 2. The fourth-order valence-electron chi connectivity index (χ4n) is 3.23. The van der Waals surface area contributed by atoms with Crippen molar-refractivity contribution in [3.63, 3.8) is 0 Å². The lowest BCUT2D eigenvalue weighted by Crippen LogP contribution is -2.36. The van der Waals surface area contributed by atoms with Gasteiger partial charge in [-0.1, -0.05) is 0 Å². The molecule has 2 aromatic carbocycles. The smallest absolute Gasteiger partial charge is 0.271 e. The third kappa shape index (κ3) is 4.69. The van der Waals surface area contributed by atoms with Crippen LogP contribution in [0.3, 0.4) is 0 Å². The van der Waals surface area contributed by atoms with Gasteiger partial charge in [0.1, 0.15) is 0 Å². The Kier molecular flexibility index (Phi) is 6.23. The number of nitrogens with zero attached hydrogens (tertiary/aromatic N) is 2. The van der Waals surface area contributed by atoms with Crippen LogP contribution in [-0.4, -0.2) is 54.5 Å². The monoisotopic (exact) mass is 414 g/mol. The molecule has 0 aliphatic carbocycles. The number of fused-ring (bicyclic) bond motifs is 2. The molecule has 0 atom stereocenters. The molecule has 1 aromatic heterocycles. The Morgan fingerprint density at radius 3 is 2.37 bits per heavy atom. The van der Waals surface area contributed by atoms with Crippen molar-refractivity contribution in [3.05, 3.63) is 40.4 Å². The standard InChI is InChI=1S/C21H26N4O5/c1-21(2,26)12-22-7-8-23-20-14-6-5-13(25(27)28)9-16(14)24-17-11-19(30-4)18(29-3)10-15(17)20/h5-6,9-11,22,26H,7-8,12H2,1-4H3,(H,23,24). The number of aliphatic hydroxyl groups is 1. The van der Waals surface area contributed by atoms with E-state index in [1.807, 2.05) is 6.07 Å². The zero-order valence-corrected chi connectivity index (χ0v) is 17.5. The number of anilines is 1. The zero-order chi connectivity index (χ0) is 21.9. The SMILES string of the molecule is COc1cc2nc3cc([N+](=O)[O-])ccc3c(NCCNCC(C)(C)O)c2cc1OC. The highest BCUT2D eigenvalue weighted by Gasteiger charge is 2.16. The van der Waals surface area contributed by atoms with Crippen molar-refractivity contribution >= 4 is 33.2 Å². The van der Waals surface area contributed by atoms with Gasteiger partial charge in [0.15, 0.2) is 11.5 Å². The number of non-ortho nitro benzene ring substituents is 1. The van der Waals surface area contributed by atoms with Crippen LogP contribution in [0.5, 0.6) is 11.5 Å². The van der Waals surface area contributed by atoms with Crippen molar-refractivity contribution in [2.24, 2.45) is 0 Å². The average Bonchev–Trinajstić information content (AvgIpc) is 2.70. The van der Waals surface area contributed by atoms with E-state index in [2.05, 4.69) is 15.6 Å². The average molecular weight is 414 g/mol. The van der Waals surface area contributed by atoms with Gasteiger partial charge < -0.3 is 25.2 Å². The lowest BCUT2D eigenvalue weighted by Gasteiger charge is -2.19. The topological polar surface area (TPSA) is 119 Å². The maximum absolute atomic E-state index is 11.2. The highest BCUT2D eigenvalue weighted by molar-refractivity contribution is 6.08. The molecule has 9 heteroatoms. The van der Waals surface area contributed by atoms with E-state index in [1.54, 1.807) is 40.2 Å². The third-order valence-electron chi connectivity index (χ3n) is 4.63. The van der Waals surface area contributed by atoms with E-state index in [0.29, 0.717) is 42.2 Å². The van der Waals surface area contributed by atoms with Crippen molar-refractivity contribution in [2.45, 2.75) is 19.4 Å². The molecule has 0 saturated carbocycles. The van der Waals surface area contributed by atoms with Gasteiger partial charge in [-0.2, -0.15) is 0 Å². The van der Waals surface area contributed by atoms with Gasteiger partial charge in [0, 0.05) is 48.6 Å². The number of rotatable bonds is 9. The van der Waals surface area contributed by atoms with E-state index in [4.69, 9.17) is 9.47 Å². The fourth-order valence-corrected chi connectivity index (χ4v) is 3.23. The summed E-state index contributed by atoms with van der Waals surface area (Å²) in [6.45, 7) is 5.14. The predicted molar refractivity (Wildman–Crippen MR) is 117 cm³/mol. The minimum Gasteiger partial charge on any atom is -0.493 e. The molecular weight excluding hydrogens is 388 g/mol. The third-order valence-corrected chi connectivity index (χ3v) is 4.63. The lowest BCUT2D eigenvalue weighted by atomic mass is 10.1. The second-order valence-corrected chi connectivity index (χ2v) is 7.59. The maximum Gasteiger partial charge on any atom is 0.271 e. The molecule has 160 valence electrons. The van der Waals surface area contributed by atoms with Gasteiger partial charge in [-0.25, -0.2) is 4.98 Å². The number of methoxy groups -OCH3 is 2. The Morgan fingerprint density at radius 1 is 1.07 bits per heavy atom. The number of hydrogen-bond acceptors (Lipinski definition) is 8. The number of nitro groups is 1. The molecule has 3 N–H and O–H groups in total. The molecule has 0 unspecified atom stereocenters. The van der Waals surface area contributed by atoms with Gasteiger partial charge in [0.25, 0.3) is 5.69 Å². The summed E-state index contributed by atoms with van der Waals surface area (Å²) >= 11 is 0. The molecule has 0 aliphatic rings. The largest absolute Gasteiger partial charge is 0.493 e. The molecule has 0 saturated heterocycles. The summed E-state index contributed by atoms with van der Waals surface area (Å²) in [5.41, 5.74) is 1.13. The zero-order valence-electron chi connectivity index (χ0n) is 17.5. The first-order valence-electron chi connectivity index (χ1n) is 9.54. The first-order chi connectivity index (χ1) is 14.2. The molecule has 0 bridgehead atoms. The second kappa shape index (κ2) is 8.68. The summed E-state index contributed by atoms with van der Waals surface area (Å²) in [6, 6.07) is 8.22. The van der Waals surface area contributed by atoms with Gasteiger partial charge in [-0.3, -0.25) is 10.1 Å². The van der Waals surface area contributed by atoms with Crippen molar-refractivity contribution in [2.75, 3.05) is 39.2 Å². The summed E-state index contributed by atoms with van der Waals surface area (Å²) in [6.07, 6.45) is 0. The normalized spacial score (nSPS) is 11.6. The molecule has 3 aromatic rings. The number of benzene rings is 2. The van der Waals surface area contributed by atoms with Crippen LogP contribution in [0, 0.1) is 10.1 Å². The molecule has 0 aliphatic heterocycles. The summed E-state index contributed by atoms with van der Waals surface area (Å²) in [5, 5.41) is 29.2. The van der Waals surface area contributed by atoms with E-state index >= 15 is 0 Å². The number of hydrogen-bond donors (Lipinski definition) is 3. The van der Waals surface area contributed by atoms with E-state index < -0.39 is 10.5 Å². The number of ether oxygens (including phenoxy) is 2. The maximum atomic E-state index is 11.2. The van der Waals surface area contributed by atoms with Crippen LogP contribution in [0.4, 0.5) is 11.4 Å². The lowest BCUT2D eigenvalue weighted by molar-refractivity contribution is -0.384. The minimum atomic E-state index is -0.793. The van der Waals surface area contributed by atoms with Crippen LogP contribution in [0.2, 0.25) is 0 Å². The molecule has 0 amide bonds. The predicted octanol–water partition coefficient (Wildman–Crippen LogP) is 3.09.